The summed E-state index contributed by atoms with van der Waals surface area (Å²) in [5.41, 5.74) is 0.411. The van der Waals surface area contributed by atoms with Crippen molar-refractivity contribution in [2.45, 2.75) is 20.3 Å². The normalized spacial score (nSPS) is 10.2. The summed E-state index contributed by atoms with van der Waals surface area (Å²) in [6.45, 7) is 4.25. The van der Waals surface area contributed by atoms with E-state index in [2.05, 4.69) is 9.97 Å². The Kier molecular flexibility index (Phi) is 4.71. The molecule has 0 aliphatic heterocycles. The van der Waals surface area contributed by atoms with Crippen molar-refractivity contribution in [2.24, 2.45) is 0 Å². The van der Waals surface area contributed by atoms with Crippen molar-refractivity contribution in [3.63, 3.8) is 0 Å². The van der Waals surface area contributed by atoms with Crippen LogP contribution < -0.4 is 9.47 Å². The van der Waals surface area contributed by atoms with Gasteiger partial charge in [-0.1, -0.05) is 19.1 Å². The van der Waals surface area contributed by atoms with Gasteiger partial charge in [-0.05, 0) is 31.5 Å². The van der Waals surface area contributed by atoms with E-state index in [-0.39, 0.29) is 11.7 Å². The molecule has 21 heavy (non-hydrogen) atoms. The van der Waals surface area contributed by atoms with Gasteiger partial charge < -0.3 is 14.6 Å². The molecule has 0 radical (unpaired) electrons. The quantitative estimate of drug-likeness (QED) is 0.879. The Balaban J connectivity index is 2.27. The smallest absolute Gasteiger partial charge is 0.354 e. The van der Waals surface area contributed by atoms with E-state index in [0.29, 0.717) is 23.8 Å². The van der Waals surface area contributed by atoms with Crippen molar-refractivity contribution in [1.29, 1.82) is 0 Å². The van der Waals surface area contributed by atoms with Crippen LogP contribution in [0.25, 0.3) is 0 Å². The molecule has 1 aromatic heterocycles. The number of nitrogens with zero attached hydrogens (tertiary/aromatic N) is 2. The third kappa shape index (κ3) is 3.92. The Bertz CT molecular complexity index is 643. The molecule has 2 rings (SSSR count). The molecule has 2 aromatic rings. The number of carboxylic acid groups (broad SMARTS) is 1. The second-order valence-electron chi connectivity index (χ2n) is 4.38. The van der Waals surface area contributed by atoms with Crippen LogP contribution in [0.2, 0.25) is 0 Å². The van der Waals surface area contributed by atoms with E-state index in [9.17, 15) is 4.79 Å². The number of hydrogen-bond donors (Lipinski definition) is 1. The highest BCUT2D eigenvalue weighted by Crippen LogP contribution is 2.30. The second kappa shape index (κ2) is 6.69. The Morgan fingerprint density at radius 1 is 1.24 bits per heavy atom. The average Bonchev–Trinajstić information content (AvgIpc) is 2.45. The number of rotatable bonds is 6. The maximum Gasteiger partial charge on any atom is 0.354 e. The summed E-state index contributed by atoms with van der Waals surface area (Å²) in [4.78, 5) is 18.9. The molecule has 0 unspecified atom stereocenters. The molecular formula is C15H16N2O4. The first-order chi connectivity index (χ1) is 10.1. The molecule has 6 nitrogen and oxygen atoms in total. The van der Waals surface area contributed by atoms with Crippen LogP contribution in [0.1, 0.15) is 29.5 Å². The zero-order chi connectivity index (χ0) is 15.2. The third-order valence-electron chi connectivity index (χ3n) is 2.56. The van der Waals surface area contributed by atoms with Gasteiger partial charge in [-0.2, -0.15) is 4.98 Å². The number of benzene rings is 1. The van der Waals surface area contributed by atoms with Crippen molar-refractivity contribution in [3.8, 4) is 17.5 Å². The Morgan fingerprint density at radius 3 is 2.62 bits per heavy atom. The molecule has 1 N–H and O–H groups in total. The zero-order valence-corrected chi connectivity index (χ0v) is 11.9. The van der Waals surface area contributed by atoms with Crippen molar-refractivity contribution in [2.75, 3.05) is 6.61 Å². The Labute approximate surface area is 122 Å². The predicted molar refractivity (Wildman–Crippen MR) is 76.0 cm³/mol. The first-order valence-electron chi connectivity index (χ1n) is 6.59. The highest BCUT2D eigenvalue weighted by Gasteiger charge is 2.12. The first kappa shape index (κ1) is 14.8. The molecule has 1 heterocycles. The minimum Gasteiger partial charge on any atom is -0.490 e. The van der Waals surface area contributed by atoms with Crippen LogP contribution in [0.15, 0.2) is 30.3 Å². The average molecular weight is 288 g/mol. The predicted octanol–water partition coefficient (Wildman–Crippen LogP) is 3.06. The van der Waals surface area contributed by atoms with E-state index in [4.69, 9.17) is 14.6 Å². The molecule has 0 aliphatic rings. The van der Waals surface area contributed by atoms with Crippen LogP contribution in [0.5, 0.6) is 17.5 Å². The van der Waals surface area contributed by atoms with Gasteiger partial charge in [0.05, 0.1) is 6.61 Å². The molecule has 0 fully saturated rings. The molecular weight excluding hydrogens is 272 g/mol. The number of hydrogen-bond acceptors (Lipinski definition) is 5. The van der Waals surface area contributed by atoms with Crippen LogP contribution in [0.4, 0.5) is 0 Å². The first-order valence-corrected chi connectivity index (χ1v) is 6.59. The standard InChI is InChI=1S/C15H16N2O4/c1-3-8-20-12-6-4-5-7-13(12)21-15-16-10(2)9-11(17-15)14(18)19/h4-7,9H,3,8H2,1-2H3,(H,18,19). The Hall–Kier alpha value is -2.63. The summed E-state index contributed by atoms with van der Waals surface area (Å²) in [7, 11) is 0. The molecule has 0 atom stereocenters. The number of aromatic carboxylic acids is 1. The molecule has 0 saturated carbocycles. The monoisotopic (exact) mass is 288 g/mol. The number of ether oxygens (including phenoxy) is 2. The summed E-state index contributed by atoms with van der Waals surface area (Å²) in [6.07, 6.45) is 0.873. The van der Waals surface area contributed by atoms with E-state index >= 15 is 0 Å². The number of aryl methyl sites for hydroxylation is 1. The van der Waals surface area contributed by atoms with E-state index in [0.717, 1.165) is 6.42 Å². The van der Waals surface area contributed by atoms with Crippen molar-refractivity contribution < 1.29 is 19.4 Å². The topological polar surface area (TPSA) is 81.5 Å². The van der Waals surface area contributed by atoms with E-state index in [1.54, 1.807) is 25.1 Å². The van der Waals surface area contributed by atoms with Crippen LogP contribution in [-0.4, -0.2) is 27.7 Å². The maximum atomic E-state index is 11.0. The number of para-hydroxylation sites is 2. The Morgan fingerprint density at radius 2 is 1.95 bits per heavy atom. The minimum atomic E-state index is -1.12. The molecule has 6 heteroatoms. The van der Waals surface area contributed by atoms with Crippen molar-refractivity contribution in [1.82, 2.24) is 9.97 Å². The van der Waals surface area contributed by atoms with Crippen LogP contribution in [0, 0.1) is 6.92 Å². The number of carboxylic acids is 1. The number of aromatic nitrogens is 2. The van der Waals surface area contributed by atoms with Crippen LogP contribution >= 0.6 is 0 Å². The second-order valence-corrected chi connectivity index (χ2v) is 4.38. The maximum absolute atomic E-state index is 11.0. The molecule has 110 valence electrons. The van der Waals surface area contributed by atoms with E-state index < -0.39 is 5.97 Å². The fourth-order valence-electron chi connectivity index (χ4n) is 1.66. The van der Waals surface area contributed by atoms with Gasteiger partial charge in [-0.15, -0.1) is 0 Å². The number of carbonyl (C=O) groups is 1. The highest BCUT2D eigenvalue weighted by molar-refractivity contribution is 5.85. The molecule has 0 bridgehead atoms. The van der Waals surface area contributed by atoms with Gasteiger partial charge in [0, 0.05) is 5.69 Å². The van der Waals surface area contributed by atoms with Gasteiger partial charge in [0.1, 0.15) is 0 Å². The third-order valence-corrected chi connectivity index (χ3v) is 2.56. The summed E-state index contributed by atoms with van der Waals surface area (Å²) in [5.74, 6) is -0.102. The lowest BCUT2D eigenvalue weighted by molar-refractivity contribution is 0.0689. The highest BCUT2D eigenvalue weighted by atomic mass is 16.5. The summed E-state index contributed by atoms with van der Waals surface area (Å²) >= 11 is 0. The van der Waals surface area contributed by atoms with Crippen LogP contribution in [0.3, 0.4) is 0 Å². The van der Waals surface area contributed by atoms with Crippen molar-refractivity contribution in [3.05, 3.63) is 41.7 Å². The van der Waals surface area contributed by atoms with Crippen LogP contribution in [-0.2, 0) is 0 Å². The van der Waals surface area contributed by atoms with E-state index in [1.165, 1.54) is 6.07 Å². The molecule has 0 spiro atoms. The van der Waals surface area contributed by atoms with Gasteiger partial charge in [0.15, 0.2) is 17.2 Å². The fourth-order valence-corrected chi connectivity index (χ4v) is 1.66. The summed E-state index contributed by atoms with van der Waals surface area (Å²) in [5, 5.41) is 9.00. The SMILES string of the molecule is CCCOc1ccccc1Oc1nc(C)cc(C(=O)O)n1. The molecule has 0 amide bonds. The lowest BCUT2D eigenvalue weighted by Crippen LogP contribution is -2.05. The van der Waals surface area contributed by atoms with Gasteiger partial charge in [0.25, 0.3) is 0 Å². The van der Waals surface area contributed by atoms with Crippen molar-refractivity contribution >= 4 is 5.97 Å². The molecule has 1 aromatic carbocycles. The largest absolute Gasteiger partial charge is 0.490 e. The van der Waals surface area contributed by atoms with Gasteiger partial charge in [0.2, 0.25) is 0 Å². The summed E-state index contributed by atoms with van der Waals surface area (Å²) in [6, 6.07) is 8.49. The van der Waals surface area contributed by atoms with Gasteiger partial charge >= 0.3 is 12.0 Å². The minimum absolute atomic E-state index is 0.0139. The summed E-state index contributed by atoms with van der Waals surface area (Å²) < 4.78 is 11.1. The van der Waals surface area contributed by atoms with Gasteiger partial charge in [-0.25, -0.2) is 9.78 Å². The lowest BCUT2D eigenvalue weighted by atomic mass is 10.3. The molecule has 0 saturated heterocycles. The van der Waals surface area contributed by atoms with Gasteiger partial charge in [-0.3, -0.25) is 0 Å². The van der Waals surface area contributed by atoms with E-state index in [1.807, 2.05) is 13.0 Å². The molecule has 0 aliphatic carbocycles. The lowest BCUT2D eigenvalue weighted by Gasteiger charge is -2.11. The fraction of sp³-hybridized carbons (Fsp3) is 0.267. The zero-order valence-electron chi connectivity index (χ0n) is 11.9.